The van der Waals surface area contributed by atoms with E-state index >= 15 is 0 Å². The van der Waals surface area contributed by atoms with Crippen LogP contribution in [0, 0.1) is 5.92 Å². The Bertz CT molecular complexity index is 884. The molecule has 29 heavy (non-hydrogen) atoms. The molecule has 2 heterocycles. The van der Waals surface area contributed by atoms with Gasteiger partial charge in [0.2, 0.25) is 11.8 Å². The largest absolute Gasteiger partial charge is 0.444 e. The normalized spacial score (nSPS) is 14.2. The Morgan fingerprint density at radius 2 is 1.62 bits per heavy atom. The molecular formula is C21H24BrN3O4. The number of carbonyl (C=O) groups excluding carboxylic acids is 3. The van der Waals surface area contributed by atoms with Gasteiger partial charge in [0, 0.05) is 37.8 Å². The Morgan fingerprint density at radius 3 is 2.17 bits per heavy atom. The van der Waals surface area contributed by atoms with Crippen molar-refractivity contribution in [2.45, 2.75) is 20.3 Å². The monoisotopic (exact) mass is 461 g/mol. The SMILES string of the molecule is CC(C)C(=O)N1CCN(C(=O)Cc2ccc(NC(=O)c3ccc(Br)o3)cc2)CC1. The minimum Gasteiger partial charge on any atom is -0.444 e. The molecule has 1 N–H and O–H groups in total. The molecule has 1 fully saturated rings. The number of amides is 3. The summed E-state index contributed by atoms with van der Waals surface area (Å²) in [6, 6.07) is 10.4. The van der Waals surface area contributed by atoms with Crippen LogP contribution in [0.5, 0.6) is 0 Å². The molecule has 0 spiro atoms. The summed E-state index contributed by atoms with van der Waals surface area (Å²) in [6.07, 6.45) is 0.289. The smallest absolute Gasteiger partial charge is 0.291 e. The van der Waals surface area contributed by atoms with E-state index < -0.39 is 0 Å². The molecule has 1 aliphatic rings. The van der Waals surface area contributed by atoms with E-state index in [1.54, 1.807) is 29.2 Å². The van der Waals surface area contributed by atoms with Crippen LogP contribution in [-0.4, -0.2) is 53.7 Å². The molecule has 1 aromatic heterocycles. The lowest BCUT2D eigenvalue weighted by atomic mass is 10.1. The van der Waals surface area contributed by atoms with Gasteiger partial charge in [-0.25, -0.2) is 0 Å². The van der Waals surface area contributed by atoms with Crippen LogP contribution in [0.3, 0.4) is 0 Å². The van der Waals surface area contributed by atoms with E-state index in [9.17, 15) is 14.4 Å². The van der Waals surface area contributed by atoms with Crippen LogP contribution in [0.4, 0.5) is 5.69 Å². The van der Waals surface area contributed by atoms with Crippen LogP contribution in [0.1, 0.15) is 30.0 Å². The summed E-state index contributed by atoms with van der Waals surface area (Å²) in [5.74, 6) is 0.0284. The lowest BCUT2D eigenvalue weighted by Crippen LogP contribution is -2.51. The number of halogens is 1. The van der Waals surface area contributed by atoms with Gasteiger partial charge in [-0.1, -0.05) is 26.0 Å². The van der Waals surface area contributed by atoms with E-state index in [-0.39, 0.29) is 35.8 Å². The third-order valence-corrected chi connectivity index (χ3v) is 5.23. The first-order valence-corrected chi connectivity index (χ1v) is 10.3. The molecule has 8 heteroatoms. The van der Waals surface area contributed by atoms with Crippen molar-refractivity contribution in [1.29, 1.82) is 0 Å². The number of anilines is 1. The minimum absolute atomic E-state index is 0.0226. The number of nitrogens with one attached hydrogen (secondary N) is 1. The number of hydrogen-bond donors (Lipinski definition) is 1. The molecule has 2 aromatic rings. The molecule has 1 aromatic carbocycles. The number of nitrogens with zero attached hydrogens (tertiary/aromatic N) is 2. The highest BCUT2D eigenvalue weighted by Gasteiger charge is 2.25. The minimum atomic E-state index is -0.339. The van der Waals surface area contributed by atoms with E-state index in [1.165, 1.54) is 0 Å². The van der Waals surface area contributed by atoms with Gasteiger partial charge in [-0.05, 0) is 45.8 Å². The van der Waals surface area contributed by atoms with E-state index in [1.807, 2.05) is 30.9 Å². The van der Waals surface area contributed by atoms with Crippen molar-refractivity contribution in [3.05, 3.63) is 52.4 Å². The van der Waals surface area contributed by atoms with Crippen molar-refractivity contribution in [2.75, 3.05) is 31.5 Å². The quantitative estimate of drug-likeness (QED) is 0.740. The maximum Gasteiger partial charge on any atom is 0.291 e. The summed E-state index contributed by atoms with van der Waals surface area (Å²) < 4.78 is 5.72. The molecule has 7 nitrogen and oxygen atoms in total. The predicted octanol–water partition coefficient (Wildman–Crippen LogP) is 3.16. The number of carbonyl (C=O) groups is 3. The van der Waals surface area contributed by atoms with Crippen molar-refractivity contribution in [3.63, 3.8) is 0 Å². The summed E-state index contributed by atoms with van der Waals surface area (Å²) in [5.41, 5.74) is 1.49. The topological polar surface area (TPSA) is 82.9 Å². The number of furan rings is 1. The fourth-order valence-corrected chi connectivity index (χ4v) is 3.47. The second kappa shape index (κ2) is 9.26. The molecule has 0 radical (unpaired) electrons. The van der Waals surface area contributed by atoms with Gasteiger partial charge in [0.1, 0.15) is 0 Å². The van der Waals surface area contributed by atoms with Gasteiger partial charge in [0.25, 0.3) is 5.91 Å². The second-order valence-electron chi connectivity index (χ2n) is 7.29. The summed E-state index contributed by atoms with van der Waals surface area (Å²) in [6.45, 7) is 6.06. The van der Waals surface area contributed by atoms with E-state index in [0.29, 0.717) is 36.5 Å². The lowest BCUT2D eigenvalue weighted by Gasteiger charge is -2.35. The van der Waals surface area contributed by atoms with Crippen molar-refractivity contribution in [1.82, 2.24) is 9.80 Å². The van der Waals surface area contributed by atoms with Gasteiger partial charge < -0.3 is 19.5 Å². The van der Waals surface area contributed by atoms with Crippen LogP contribution >= 0.6 is 15.9 Å². The standard InChI is InChI=1S/C21H24BrN3O4/c1-14(2)21(28)25-11-9-24(10-12-25)19(26)13-15-3-5-16(6-4-15)23-20(27)17-7-8-18(22)29-17/h3-8,14H,9-13H2,1-2H3,(H,23,27). The molecule has 154 valence electrons. The average molecular weight is 462 g/mol. The van der Waals surface area contributed by atoms with Crippen molar-refractivity contribution >= 4 is 39.3 Å². The first-order valence-electron chi connectivity index (χ1n) is 9.55. The first-order chi connectivity index (χ1) is 13.8. The average Bonchev–Trinajstić information content (AvgIpc) is 3.15. The Balaban J connectivity index is 1.50. The zero-order valence-corrected chi connectivity index (χ0v) is 18.1. The summed E-state index contributed by atoms with van der Waals surface area (Å²) in [5, 5.41) is 2.75. The molecule has 0 bridgehead atoms. The molecule has 3 amide bonds. The molecule has 0 aliphatic carbocycles. The van der Waals surface area contributed by atoms with Crippen LogP contribution in [0.2, 0.25) is 0 Å². The van der Waals surface area contributed by atoms with Crippen molar-refractivity contribution in [3.8, 4) is 0 Å². The lowest BCUT2D eigenvalue weighted by molar-refractivity contribution is -0.141. The highest BCUT2D eigenvalue weighted by atomic mass is 79.9. The van der Waals surface area contributed by atoms with Crippen LogP contribution < -0.4 is 5.32 Å². The number of benzene rings is 1. The maximum absolute atomic E-state index is 12.6. The Labute approximate surface area is 178 Å². The van der Waals surface area contributed by atoms with Crippen LogP contribution in [-0.2, 0) is 16.0 Å². The van der Waals surface area contributed by atoms with E-state index in [2.05, 4.69) is 21.2 Å². The summed E-state index contributed by atoms with van der Waals surface area (Å²) in [4.78, 5) is 40.3. The summed E-state index contributed by atoms with van der Waals surface area (Å²) >= 11 is 3.17. The van der Waals surface area contributed by atoms with E-state index in [4.69, 9.17) is 4.42 Å². The Kier molecular flexibility index (Phi) is 6.74. The van der Waals surface area contributed by atoms with Gasteiger partial charge in [-0.3, -0.25) is 14.4 Å². The highest BCUT2D eigenvalue weighted by Crippen LogP contribution is 2.17. The molecule has 0 unspecified atom stereocenters. The van der Waals surface area contributed by atoms with Gasteiger partial charge in [0.15, 0.2) is 10.4 Å². The molecule has 0 atom stereocenters. The van der Waals surface area contributed by atoms with Crippen molar-refractivity contribution in [2.24, 2.45) is 5.92 Å². The molecule has 3 rings (SSSR count). The Morgan fingerprint density at radius 1 is 1.00 bits per heavy atom. The van der Waals surface area contributed by atoms with Gasteiger partial charge in [-0.2, -0.15) is 0 Å². The number of piperazine rings is 1. The van der Waals surface area contributed by atoms with Gasteiger partial charge >= 0.3 is 0 Å². The fourth-order valence-electron chi connectivity index (χ4n) is 3.16. The number of rotatable bonds is 5. The van der Waals surface area contributed by atoms with Gasteiger partial charge in [0.05, 0.1) is 6.42 Å². The molecule has 0 saturated carbocycles. The molecule has 1 saturated heterocycles. The predicted molar refractivity (Wildman–Crippen MR) is 113 cm³/mol. The zero-order chi connectivity index (χ0) is 21.0. The fraction of sp³-hybridized carbons (Fsp3) is 0.381. The summed E-state index contributed by atoms with van der Waals surface area (Å²) in [7, 11) is 0. The number of hydrogen-bond acceptors (Lipinski definition) is 4. The van der Waals surface area contributed by atoms with E-state index in [0.717, 1.165) is 5.56 Å². The molecular weight excluding hydrogens is 438 g/mol. The first kappa shape index (κ1) is 21.1. The van der Waals surface area contributed by atoms with Gasteiger partial charge in [-0.15, -0.1) is 0 Å². The third kappa shape index (κ3) is 5.47. The molecule has 1 aliphatic heterocycles. The second-order valence-corrected chi connectivity index (χ2v) is 8.07. The third-order valence-electron chi connectivity index (χ3n) is 4.80. The van der Waals surface area contributed by atoms with Crippen LogP contribution in [0.15, 0.2) is 45.5 Å². The highest BCUT2D eigenvalue weighted by molar-refractivity contribution is 9.10. The zero-order valence-electron chi connectivity index (χ0n) is 16.5. The maximum atomic E-state index is 12.6. The van der Waals surface area contributed by atoms with Crippen LogP contribution in [0.25, 0.3) is 0 Å². The van der Waals surface area contributed by atoms with Crippen molar-refractivity contribution < 1.29 is 18.8 Å². The Hall–Kier alpha value is -2.61.